The van der Waals surface area contributed by atoms with Gasteiger partial charge in [-0.3, -0.25) is 0 Å². The third-order valence-corrected chi connectivity index (χ3v) is 4.57. The number of imidazole rings is 1. The van der Waals surface area contributed by atoms with Crippen molar-refractivity contribution in [2.24, 2.45) is 0 Å². The molecule has 3 rings (SSSR count). The molecule has 0 saturated heterocycles. The van der Waals surface area contributed by atoms with E-state index in [2.05, 4.69) is 4.98 Å². The Morgan fingerprint density at radius 3 is 2.35 bits per heavy atom. The van der Waals surface area contributed by atoms with Gasteiger partial charge in [0.1, 0.15) is 0 Å². The summed E-state index contributed by atoms with van der Waals surface area (Å²) in [6.45, 7) is 0. The molecular weight excluding hydrogens is 329 g/mol. The van der Waals surface area contributed by atoms with Crippen LogP contribution in [0.3, 0.4) is 0 Å². The zero-order valence-corrected chi connectivity index (χ0v) is 12.7. The molecule has 0 saturated carbocycles. The first-order chi connectivity index (χ1) is 10.7. The molecule has 0 aliphatic carbocycles. The van der Waals surface area contributed by atoms with Gasteiger partial charge in [0.2, 0.25) is 0 Å². The molecule has 0 amide bonds. The number of hydrogen-bond acceptors (Lipinski definition) is 3. The largest absolute Gasteiger partial charge is 0.417 e. The Morgan fingerprint density at radius 1 is 1.13 bits per heavy atom. The number of pyridine rings is 1. The monoisotopic (exact) mass is 340 g/mol. The third-order valence-electron chi connectivity index (χ3n) is 3.44. The van der Waals surface area contributed by atoms with E-state index in [1.54, 1.807) is 0 Å². The van der Waals surface area contributed by atoms with Crippen molar-refractivity contribution >= 4 is 15.4 Å². The van der Waals surface area contributed by atoms with Crippen LogP contribution >= 0.6 is 0 Å². The Labute approximate surface area is 130 Å². The van der Waals surface area contributed by atoms with Gasteiger partial charge in [0, 0.05) is 18.0 Å². The van der Waals surface area contributed by atoms with Gasteiger partial charge in [-0.15, -0.1) is 0 Å². The van der Waals surface area contributed by atoms with Crippen LogP contribution in [0, 0.1) is 0 Å². The fraction of sp³-hybridized carbons (Fsp3) is 0.133. The molecule has 8 heteroatoms. The summed E-state index contributed by atoms with van der Waals surface area (Å²) >= 11 is 0. The summed E-state index contributed by atoms with van der Waals surface area (Å²) in [5.41, 5.74) is 0.515. The van der Waals surface area contributed by atoms with Crippen LogP contribution in [0.15, 0.2) is 53.9 Å². The van der Waals surface area contributed by atoms with E-state index in [9.17, 15) is 21.6 Å². The van der Waals surface area contributed by atoms with E-state index in [-0.39, 0.29) is 4.90 Å². The lowest BCUT2D eigenvalue weighted by Gasteiger charge is -2.12. The number of alkyl halides is 3. The average Bonchev–Trinajstić information content (AvgIpc) is 2.93. The van der Waals surface area contributed by atoms with Gasteiger partial charge in [-0.2, -0.15) is 13.2 Å². The van der Waals surface area contributed by atoms with Crippen molar-refractivity contribution in [3.05, 3.63) is 54.6 Å². The Hall–Kier alpha value is -2.35. The van der Waals surface area contributed by atoms with Crippen LogP contribution in [0.2, 0.25) is 0 Å². The molecule has 0 atom stereocenters. The Balaban J connectivity index is 2.21. The van der Waals surface area contributed by atoms with Crippen molar-refractivity contribution in [3.8, 4) is 11.1 Å². The number of halogens is 3. The third kappa shape index (κ3) is 2.94. The van der Waals surface area contributed by atoms with Crippen molar-refractivity contribution in [2.45, 2.75) is 11.1 Å². The molecule has 0 N–H and O–H groups in total. The van der Waals surface area contributed by atoms with E-state index < -0.39 is 21.6 Å². The molecule has 3 aromatic rings. The molecule has 120 valence electrons. The number of rotatable bonds is 2. The van der Waals surface area contributed by atoms with Gasteiger partial charge in [-0.05, 0) is 23.8 Å². The van der Waals surface area contributed by atoms with Gasteiger partial charge in [0.05, 0.1) is 28.5 Å². The molecule has 0 spiro atoms. The van der Waals surface area contributed by atoms with Crippen molar-refractivity contribution < 1.29 is 21.6 Å². The average molecular weight is 340 g/mol. The van der Waals surface area contributed by atoms with Crippen LogP contribution in [-0.2, 0) is 16.0 Å². The van der Waals surface area contributed by atoms with Crippen LogP contribution in [0.25, 0.3) is 16.6 Å². The predicted octanol–water partition coefficient (Wildman–Crippen LogP) is 3.42. The minimum Gasteiger partial charge on any atom is -0.305 e. The van der Waals surface area contributed by atoms with Crippen LogP contribution in [0.1, 0.15) is 5.56 Å². The second-order valence-electron chi connectivity index (χ2n) is 5.12. The molecule has 0 bridgehead atoms. The normalized spacial score (nSPS) is 12.7. The summed E-state index contributed by atoms with van der Waals surface area (Å²) in [5, 5.41) is 0. The van der Waals surface area contributed by atoms with Crippen LogP contribution in [-0.4, -0.2) is 24.1 Å². The van der Waals surface area contributed by atoms with Crippen LogP contribution < -0.4 is 0 Å². The molecule has 2 heterocycles. The highest BCUT2D eigenvalue weighted by Crippen LogP contribution is 2.34. The smallest absolute Gasteiger partial charge is 0.305 e. The van der Waals surface area contributed by atoms with Gasteiger partial charge in [-0.1, -0.05) is 12.1 Å². The molecule has 4 nitrogen and oxygen atoms in total. The minimum atomic E-state index is -4.49. The molecule has 0 aliphatic rings. The Morgan fingerprint density at radius 2 is 1.78 bits per heavy atom. The minimum absolute atomic E-state index is 0.109. The summed E-state index contributed by atoms with van der Waals surface area (Å²) in [6, 6.07) is 6.75. The molecule has 23 heavy (non-hydrogen) atoms. The lowest BCUT2D eigenvalue weighted by molar-refractivity contribution is -0.137. The van der Waals surface area contributed by atoms with Gasteiger partial charge in [0.15, 0.2) is 9.84 Å². The second kappa shape index (κ2) is 5.09. The van der Waals surface area contributed by atoms with Gasteiger partial charge in [0.25, 0.3) is 0 Å². The van der Waals surface area contributed by atoms with E-state index in [4.69, 9.17) is 0 Å². The second-order valence-corrected chi connectivity index (χ2v) is 7.14. The fourth-order valence-electron chi connectivity index (χ4n) is 2.30. The maximum atomic E-state index is 13.0. The van der Waals surface area contributed by atoms with E-state index in [0.717, 1.165) is 18.5 Å². The molecular formula is C15H11F3N2O2S. The van der Waals surface area contributed by atoms with Crippen LogP contribution in [0.4, 0.5) is 13.2 Å². The van der Waals surface area contributed by atoms with Crippen molar-refractivity contribution in [1.82, 2.24) is 9.38 Å². The molecule has 0 radical (unpaired) electrons. The van der Waals surface area contributed by atoms with Gasteiger partial charge >= 0.3 is 6.18 Å². The highest BCUT2D eigenvalue weighted by atomic mass is 32.2. The van der Waals surface area contributed by atoms with E-state index in [1.807, 2.05) is 0 Å². The zero-order chi connectivity index (χ0) is 16.8. The lowest BCUT2D eigenvalue weighted by Crippen LogP contribution is -2.07. The summed E-state index contributed by atoms with van der Waals surface area (Å²) in [6.07, 6.45) is 0.303. The number of nitrogens with zero attached hydrogens (tertiary/aromatic N) is 2. The lowest BCUT2D eigenvalue weighted by atomic mass is 10.0. The van der Waals surface area contributed by atoms with E-state index in [0.29, 0.717) is 16.6 Å². The van der Waals surface area contributed by atoms with Crippen LogP contribution in [0.5, 0.6) is 0 Å². The standard InChI is InChI=1S/C15H11F3N2O2S/c1-23(21,22)12-4-2-10(3-5-12)13-6-11(15(16,17)18)8-20-9-19-7-14(13)20/h2-9H,1H3. The van der Waals surface area contributed by atoms with E-state index in [1.165, 1.54) is 41.2 Å². The van der Waals surface area contributed by atoms with Crippen molar-refractivity contribution in [1.29, 1.82) is 0 Å². The number of benzene rings is 1. The number of hydrogen-bond donors (Lipinski definition) is 0. The molecule has 0 unspecified atom stereocenters. The summed E-state index contributed by atoms with van der Waals surface area (Å²) in [4.78, 5) is 3.98. The Kier molecular flexibility index (Phi) is 3.44. The van der Waals surface area contributed by atoms with Crippen molar-refractivity contribution in [2.75, 3.05) is 6.26 Å². The summed E-state index contributed by atoms with van der Waals surface area (Å²) in [5.74, 6) is 0. The quantitative estimate of drug-likeness (QED) is 0.718. The highest BCUT2D eigenvalue weighted by molar-refractivity contribution is 7.90. The molecule has 0 aliphatic heterocycles. The first-order valence-electron chi connectivity index (χ1n) is 6.50. The van der Waals surface area contributed by atoms with Gasteiger partial charge < -0.3 is 4.40 Å². The summed E-state index contributed by atoms with van der Waals surface area (Å²) < 4.78 is 63.3. The first kappa shape index (κ1) is 15.5. The van der Waals surface area contributed by atoms with Gasteiger partial charge in [-0.25, -0.2) is 13.4 Å². The topological polar surface area (TPSA) is 51.4 Å². The van der Waals surface area contributed by atoms with E-state index >= 15 is 0 Å². The highest BCUT2D eigenvalue weighted by Gasteiger charge is 2.31. The molecule has 0 fully saturated rings. The number of aromatic nitrogens is 2. The summed E-state index contributed by atoms with van der Waals surface area (Å²) in [7, 11) is -3.36. The maximum Gasteiger partial charge on any atom is 0.417 e. The zero-order valence-electron chi connectivity index (χ0n) is 11.9. The molecule has 2 aromatic heterocycles. The number of fused-ring (bicyclic) bond motifs is 1. The number of sulfone groups is 1. The Bertz CT molecular complexity index is 974. The fourth-order valence-corrected chi connectivity index (χ4v) is 2.93. The predicted molar refractivity (Wildman–Crippen MR) is 78.7 cm³/mol. The molecule has 1 aromatic carbocycles. The maximum absolute atomic E-state index is 13.0. The van der Waals surface area contributed by atoms with Crippen molar-refractivity contribution in [3.63, 3.8) is 0 Å². The SMILES string of the molecule is CS(=O)(=O)c1ccc(-c2cc(C(F)(F)F)cn3cncc23)cc1. The first-order valence-corrected chi connectivity index (χ1v) is 8.39.